The predicted octanol–water partition coefficient (Wildman–Crippen LogP) is 2.66. The van der Waals surface area contributed by atoms with Crippen LogP contribution in [0.4, 0.5) is 11.4 Å². The number of anilines is 1. The molecule has 0 amide bonds. The number of nitrogens with zero attached hydrogens (tertiary/aromatic N) is 1. The summed E-state index contributed by atoms with van der Waals surface area (Å²) in [5.41, 5.74) is 0.776. The van der Waals surface area contributed by atoms with Crippen LogP contribution in [0.3, 0.4) is 0 Å². The van der Waals surface area contributed by atoms with Crippen molar-refractivity contribution < 1.29 is 4.92 Å². The van der Waals surface area contributed by atoms with Crippen molar-refractivity contribution in [2.75, 3.05) is 25.0 Å². The molecule has 1 atom stereocenters. The Morgan fingerprint density at radius 1 is 1.56 bits per heavy atom. The summed E-state index contributed by atoms with van der Waals surface area (Å²) in [6.45, 7) is 2.98. The number of rotatable bonds is 4. The van der Waals surface area contributed by atoms with Crippen molar-refractivity contribution in [1.82, 2.24) is 5.32 Å². The van der Waals surface area contributed by atoms with E-state index in [2.05, 4.69) is 10.6 Å². The van der Waals surface area contributed by atoms with Crippen molar-refractivity contribution in [2.45, 2.75) is 12.8 Å². The zero-order valence-corrected chi connectivity index (χ0v) is 10.7. The first-order valence-electron chi connectivity index (χ1n) is 6.05. The van der Waals surface area contributed by atoms with Gasteiger partial charge >= 0.3 is 0 Å². The first-order valence-corrected chi connectivity index (χ1v) is 6.43. The molecule has 1 aliphatic rings. The summed E-state index contributed by atoms with van der Waals surface area (Å²) >= 11 is 5.85. The smallest absolute Gasteiger partial charge is 0.288 e. The van der Waals surface area contributed by atoms with E-state index in [1.54, 1.807) is 12.1 Å². The maximum absolute atomic E-state index is 10.6. The second-order valence-corrected chi connectivity index (χ2v) is 4.92. The molecule has 2 rings (SSSR count). The van der Waals surface area contributed by atoms with Gasteiger partial charge in [-0.25, -0.2) is 0 Å². The molecule has 98 valence electrons. The number of hydrogen-bond donors (Lipinski definition) is 2. The lowest BCUT2D eigenvalue weighted by atomic mass is 10.00. The number of nitro benzene ring substituents is 1. The average Bonchev–Trinajstić information content (AvgIpc) is 2.37. The minimum Gasteiger partial charge on any atom is -0.385 e. The molecule has 5 nitrogen and oxygen atoms in total. The Morgan fingerprint density at radius 2 is 2.39 bits per heavy atom. The van der Waals surface area contributed by atoms with E-state index in [-0.39, 0.29) is 10.7 Å². The largest absolute Gasteiger partial charge is 0.385 e. The molecule has 1 aliphatic heterocycles. The Labute approximate surface area is 111 Å². The van der Waals surface area contributed by atoms with E-state index in [0.29, 0.717) is 5.92 Å². The molecule has 0 aromatic heterocycles. The summed E-state index contributed by atoms with van der Waals surface area (Å²) in [5, 5.41) is 17.4. The van der Waals surface area contributed by atoms with E-state index in [0.717, 1.165) is 25.3 Å². The first-order chi connectivity index (χ1) is 8.66. The highest BCUT2D eigenvalue weighted by Gasteiger charge is 2.14. The maximum Gasteiger partial charge on any atom is 0.288 e. The van der Waals surface area contributed by atoms with Gasteiger partial charge in [0.15, 0.2) is 0 Å². The maximum atomic E-state index is 10.6. The zero-order valence-electron chi connectivity index (χ0n) is 9.99. The molecule has 18 heavy (non-hydrogen) atoms. The van der Waals surface area contributed by atoms with Crippen molar-refractivity contribution in [3.63, 3.8) is 0 Å². The van der Waals surface area contributed by atoms with E-state index in [9.17, 15) is 10.1 Å². The SMILES string of the molecule is O=[N+]([O-])c1ccc(NCC2CCCNC2)cc1Cl. The normalized spacial score (nSPS) is 19.5. The average molecular weight is 270 g/mol. The molecule has 0 radical (unpaired) electrons. The van der Waals surface area contributed by atoms with Gasteiger partial charge in [-0.3, -0.25) is 10.1 Å². The van der Waals surface area contributed by atoms with Gasteiger partial charge in [-0.15, -0.1) is 0 Å². The third-order valence-corrected chi connectivity index (χ3v) is 3.44. The van der Waals surface area contributed by atoms with Gasteiger partial charge in [0, 0.05) is 18.3 Å². The lowest BCUT2D eigenvalue weighted by Gasteiger charge is -2.23. The molecule has 1 aromatic carbocycles. The standard InChI is InChI=1S/C12H16ClN3O2/c13-11-6-10(3-4-12(11)16(17)18)15-8-9-2-1-5-14-7-9/h3-4,6,9,14-15H,1-2,5,7-8H2. The van der Waals surface area contributed by atoms with Crippen LogP contribution in [0.5, 0.6) is 0 Å². The monoisotopic (exact) mass is 269 g/mol. The highest BCUT2D eigenvalue weighted by molar-refractivity contribution is 6.32. The fraction of sp³-hybridized carbons (Fsp3) is 0.500. The molecule has 0 aliphatic carbocycles. The topological polar surface area (TPSA) is 67.2 Å². The van der Waals surface area contributed by atoms with Crippen LogP contribution in [0.25, 0.3) is 0 Å². The van der Waals surface area contributed by atoms with Gasteiger partial charge in [-0.05, 0) is 44.0 Å². The van der Waals surface area contributed by atoms with E-state index in [1.165, 1.54) is 18.9 Å². The molecule has 0 saturated carbocycles. The number of piperidine rings is 1. The minimum atomic E-state index is -0.475. The predicted molar refractivity (Wildman–Crippen MR) is 72.2 cm³/mol. The van der Waals surface area contributed by atoms with Crippen molar-refractivity contribution in [2.24, 2.45) is 5.92 Å². The Bertz CT molecular complexity index is 433. The highest BCUT2D eigenvalue weighted by atomic mass is 35.5. The van der Waals surface area contributed by atoms with Gasteiger partial charge in [0.2, 0.25) is 0 Å². The molecular formula is C12H16ClN3O2. The molecule has 1 heterocycles. The van der Waals surface area contributed by atoms with Crippen molar-refractivity contribution in [1.29, 1.82) is 0 Å². The van der Waals surface area contributed by atoms with Crippen LogP contribution in [0, 0.1) is 16.0 Å². The first kappa shape index (κ1) is 13.1. The van der Waals surface area contributed by atoms with Gasteiger partial charge in [0.05, 0.1) is 4.92 Å². The Kier molecular flexibility index (Phi) is 4.38. The Morgan fingerprint density at radius 3 is 3.00 bits per heavy atom. The zero-order chi connectivity index (χ0) is 13.0. The molecule has 2 N–H and O–H groups in total. The molecule has 1 aromatic rings. The van der Waals surface area contributed by atoms with Gasteiger partial charge < -0.3 is 10.6 Å². The van der Waals surface area contributed by atoms with E-state index in [1.807, 2.05) is 0 Å². The molecule has 6 heteroatoms. The van der Waals surface area contributed by atoms with Gasteiger partial charge in [0.1, 0.15) is 5.02 Å². The summed E-state index contributed by atoms with van der Waals surface area (Å²) in [6, 6.07) is 4.74. The van der Waals surface area contributed by atoms with Gasteiger partial charge in [-0.1, -0.05) is 11.6 Å². The van der Waals surface area contributed by atoms with Crippen molar-refractivity contribution in [3.8, 4) is 0 Å². The number of hydrogen-bond acceptors (Lipinski definition) is 4. The summed E-state index contributed by atoms with van der Waals surface area (Å²) in [7, 11) is 0. The van der Waals surface area contributed by atoms with Crippen LogP contribution in [0.1, 0.15) is 12.8 Å². The third kappa shape index (κ3) is 3.34. The fourth-order valence-corrected chi connectivity index (χ4v) is 2.37. The van der Waals surface area contributed by atoms with E-state index >= 15 is 0 Å². The van der Waals surface area contributed by atoms with Crippen LogP contribution >= 0.6 is 11.6 Å². The summed E-state index contributed by atoms with van der Waals surface area (Å²) in [5.74, 6) is 0.604. The molecule has 1 fully saturated rings. The minimum absolute atomic E-state index is 0.0541. The number of halogens is 1. The second kappa shape index (κ2) is 6.02. The molecule has 1 saturated heterocycles. The van der Waals surface area contributed by atoms with Crippen LogP contribution in [0.2, 0.25) is 5.02 Å². The fourth-order valence-electron chi connectivity index (χ4n) is 2.13. The number of benzene rings is 1. The van der Waals surface area contributed by atoms with Crippen LogP contribution in [-0.4, -0.2) is 24.6 Å². The quantitative estimate of drug-likeness (QED) is 0.651. The van der Waals surface area contributed by atoms with Crippen molar-refractivity contribution in [3.05, 3.63) is 33.3 Å². The molecule has 0 bridgehead atoms. The third-order valence-electron chi connectivity index (χ3n) is 3.14. The van der Waals surface area contributed by atoms with Crippen LogP contribution < -0.4 is 10.6 Å². The van der Waals surface area contributed by atoms with Gasteiger partial charge in [-0.2, -0.15) is 0 Å². The molecule has 0 spiro atoms. The van der Waals surface area contributed by atoms with Crippen LogP contribution in [0.15, 0.2) is 18.2 Å². The second-order valence-electron chi connectivity index (χ2n) is 4.52. The lowest BCUT2D eigenvalue weighted by Crippen LogP contribution is -2.33. The Hall–Kier alpha value is -1.33. The summed E-state index contributed by atoms with van der Waals surface area (Å²) in [4.78, 5) is 10.2. The van der Waals surface area contributed by atoms with E-state index in [4.69, 9.17) is 11.6 Å². The number of nitro groups is 1. The van der Waals surface area contributed by atoms with E-state index < -0.39 is 4.92 Å². The summed E-state index contributed by atoms with van der Waals surface area (Å²) in [6.07, 6.45) is 2.41. The lowest BCUT2D eigenvalue weighted by molar-refractivity contribution is -0.384. The summed E-state index contributed by atoms with van der Waals surface area (Å²) < 4.78 is 0. The Balaban J connectivity index is 1.93. The van der Waals surface area contributed by atoms with Gasteiger partial charge in [0.25, 0.3) is 5.69 Å². The molecule has 1 unspecified atom stereocenters. The van der Waals surface area contributed by atoms with Crippen molar-refractivity contribution >= 4 is 23.0 Å². The number of nitrogens with one attached hydrogen (secondary N) is 2. The van der Waals surface area contributed by atoms with Crippen LogP contribution in [-0.2, 0) is 0 Å². The molecular weight excluding hydrogens is 254 g/mol. The highest BCUT2D eigenvalue weighted by Crippen LogP contribution is 2.27.